The summed E-state index contributed by atoms with van der Waals surface area (Å²) in [7, 11) is 1.65. The lowest BCUT2D eigenvalue weighted by Crippen LogP contribution is -2.52. The standard InChI is InChI=1S/C11H19N3O4S/c1-4-13(3)9(15)7(2)12-11(18)14-6-19-5-8(14)10(16)17/h7-8H,4-6H2,1-3H3,(H,12,18)(H,16,17). The molecule has 2 unspecified atom stereocenters. The van der Waals surface area contributed by atoms with E-state index < -0.39 is 24.1 Å². The van der Waals surface area contributed by atoms with Gasteiger partial charge in [0.25, 0.3) is 0 Å². The number of nitrogens with zero attached hydrogens (tertiary/aromatic N) is 2. The number of carbonyl (C=O) groups is 3. The van der Waals surface area contributed by atoms with Gasteiger partial charge >= 0.3 is 12.0 Å². The number of nitrogens with one attached hydrogen (secondary N) is 1. The van der Waals surface area contributed by atoms with E-state index in [1.165, 1.54) is 21.6 Å². The number of likely N-dealkylation sites (N-methyl/N-ethyl adjacent to an activating group) is 1. The molecule has 1 saturated heterocycles. The van der Waals surface area contributed by atoms with E-state index in [0.717, 1.165) is 0 Å². The Balaban J connectivity index is 2.59. The maximum Gasteiger partial charge on any atom is 0.327 e. The highest BCUT2D eigenvalue weighted by Gasteiger charge is 2.35. The lowest BCUT2D eigenvalue weighted by molar-refractivity contribution is -0.140. The SMILES string of the molecule is CCN(C)C(=O)C(C)NC(=O)N1CSCC1C(=O)O. The van der Waals surface area contributed by atoms with E-state index in [4.69, 9.17) is 5.11 Å². The van der Waals surface area contributed by atoms with Crippen molar-refractivity contribution < 1.29 is 19.5 Å². The van der Waals surface area contributed by atoms with Crippen LogP contribution in [0, 0.1) is 0 Å². The summed E-state index contributed by atoms with van der Waals surface area (Å²) in [5.41, 5.74) is 0. The summed E-state index contributed by atoms with van der Waals surface area (Å²) >= 11 is 1.38. The van der Waals surface area contributed by atoms with Crippen LogP contribution >= 0.6 is 11.8 Å². The first-order valence-corrected chi connectivity index (χ1v) is 7.16. The van der Waals surface area contributed by atoms with Crippen LogP contribution in [0.2, 0.25) is 0 Å². The molecule has 7 nitrogen and oxygen atoms in total. The smallest absolute Gasteiger partial charge is 0.327 e. The molecule has 1 rings (SSSR count). The summed E-state index contributed by atoms with van der Waals surface area (Å²) in [5, 5.41) is 11.5. The molecule has 1 heterocycles. The molecule has 0 spiro atoms. The molecule has 0 aliphatic carbocycles. The Morgan fingerprint density at radius 2 is 2.16 bits per heavy atom. The zero-order valence-corrected chi connectivity index (χ0v) is 12.1. The number of carboxylic acid groups (broad SMARTS) is 1. The minimum atomic E-state index is -1.02. The summed E-state index contributed by atoms with van der Waals surface area (Å²) < 4.78 is 0. The quantitative estimate of drug-likeness (QED) is 0.761. The summed E-state index contributed by atoms with van der Waals surface area (Å²) in [5.74, 6) is -0.521. The van der Waals surface area contributed by atoms with Crippen molar-refractivity contribution in [2.45, 2.75) is 25.9 Å². The van der Waals surface area contributed by atoms with Crippen molar-refractivity contribution >= 4 is 29.7 Å². The highest BCUT2D eigenvalue weighted by atomic mass is 32.2. The Morgan fingerprint density at radius 1 is 1.53 bits per heavy atom. The normalized spacial score (nSPS) is 19.9. The van der Waals surface area contributed by atoms with Crippen LogP contribution in [0.15, 0.2) is 0 Å². The molecule has 1 fully saturated rings. The molecule has 2 N–H and O–H groups in total. The molecule has 0 aromatic rings. The van der Waals surface area contributed by atoms with E-state index >= 15 is 0 Å². The molecule has 8 heteroatoms. The van der Waals surface area contributed by atoms with Gasteiger partial charge in [0.05, 0.1) is 5.88 Å². The molecular weight excluding hydrogens is 270 g/mol. The summed E-state index contributed by atoms with van der Waals surface area (Å²) in [6.07, 6.45) is 0. The molecule has 2 atom stereocenters. The Kier molecular flexibility index (Phi) is 5.46. The van der Waals surface area contributed by atoms with Crippen LogP contribution in [0.4, 0.5) is 4.79 Å². The van der Waals surface area contributed by atoms with Crippen molar-refractivity contribution in [2.75, 3.05) is 25.2 Å². The van der Waals surface area contributed by atoms with Gasteiger partial charge in [0.2, 0.25) is 5.91 Å². The Morgan fingerprint density at radius 3 is 2.68 bits per heavy atom. The highest BCUT2D eigenvalue weighted by Crippen LogP contribution is 2.20. The first-order chi connectivity index (χ1) is 8.88. The van der Waals surface area contributed by atoms with Gasteiger partial charge in [-0.25, -0.2) is 9.59 Å². The molecule has 0 aromatic carbocycles. The van der Waals surface area contributed by atoms with Crippen LogP contribution < -0.4 is 5.32 Å². The topological polar surface area (TPSA) is 90.0 Å². The average Bonchev–Trinajstić information content (AvgIpc) is 2.86. The Hall–Kier alpha value is -1.44. The number of thioether (sulfide) groups is 1. The van der Waals surface area contributed by atoms with E-state index in [0.29, 0.717) is 18.2 Å². The van der Waals surface area contributed by atoms with Crippen molar-refractivity contribution in [1.82, 2.24) is 15.1 Å². The van der Waals surface area contributed by atoms with Crippen molar-refractivity contribution in [3.63, 3.8) is 0 Å². The van der Waals surface area contributed by atoms with Crippen molar-refractivity contribution in [1.29, 1.82) is 0 Å². The van der Waals surface area contributed by atoms with Crippen LogP contribution in [0.3, 0.4) is 0 Å². The van der Waals surface area contributed by atoms with Gasteiger partial charge in [-0.3, -0.25) is 4.79 Å². The molecule has 0 bridgehead atoms. The zero-order chi connectivity index (χ0) is 14.6. The van der Waals surface area contributed by atoms with E-state index in [1.54, 1.807) is 14.0 Å². The third-order valence-corrected chi connectivity index (χ3v) is 4.00. The lowest BCUT2D eigenvalue weighted by atomic mass is 10.3. The molecule has 0 aromatic heterocycles. The summed E-state index contributed by atoms with van der Waals surface area (Å²) in [6, 6.07) is -2.00. The number of hydrogen-bond acceptors (Lipinski definition) is 4. The second-order valence-electron chi connectivity index (χ2n) is 4.35. The number of amides is 3. The Labute approximate surface area is 116 Å². The second-order valence-corrected chi connectivity index (χ2v) is 5.35. The minimum absolute atomic E-state index is 0.199. The monoisotopic (exact) mass is 289 g/mol. The highest BCUT2D eigenvalue weighted by molar-refractivity contribution is 7.99. The van der Waals surface area contributed by atoms with E-state index in [9.17, 15) is 14.4 Å². The largest absolute Gasteiger partial charge is 0.480 e. The van der Waals surface area contributed by atoms with Crippen molar-refractivity contribution in [3.05, 3.63) is 0 Å². The van der Waals surface area contributed by atoms with Gasteiger partial charge in [-0.1, -0.05) is 0 Å². The van der Waals surface area contributed by atoms with Gasteiger partial charge in [-0.2, -0.15) is 0 Å². The van der Waals surface area contributed by atoms with Gasteiger partial charge in [0, 0.05) is 19.3 Å². The van der Waals surface area contributed by atoms with Gasteiger partial charge in [0.1, 0.15) is 12.1 Å². The van der Waals surface area contributed by atoms with Crippen molar-refractivity contribution in [2.24, 2.45) is 0 Å². The van der Waals surface area contributed by atoms with Crippen LogP contribution in [-0.4, -0.2) is 70.1 Å². The average molecular weight is 289 g/mol. The fourth-order valence-electron chi connectivity index (χ4n) is 1.66. The number of rotatable bonds is 4. The van der Waals surface area contributed by atoms with Crippen LogP contribution in [0.5, 0.6) is 0 Å². The number of carbonyl (C=O) groups excluding carboxylic acids is 2. The molecule has 1 aliphatic rings. The lowest BCUT2D eigenvalue weighted by Gasteiger charge is -2.25. The van der Waals surface area contributed by atoms with Crippen molar-refractivity contribution in [3.8, 4) is 0 Å². The molecule has 0 saturated carbocycles. The maximum absolute atomic E-state index is 12.0. The fourth-order valence-corrected chi connectivity index (χ4v) is 2.81. The molecule has 3 amide bonds. The zero-order valence-electron chi connectivity index (χ0n) is 11.3. The fraction of sp³-hybridized carbons (Fsp3) is 0.727. The number of urea groups is 1. The van der Waals surface area contributed by atoms with E-state index in [2.05, 4.69) is 5.32 Å². The minimum Gasteiger partial charge on any atom is -0.480 e. The van der Waals surface area contributed by atoms with Gasteiger partial charge in [-0.15, -0.1) is 11.8 Å². The van der Waals surface area contributed by atoms with Gasteiger partial charge in [-0.05, 0) is 13.8 Å². The third kappa shape index (κ3) is 3.76. The molecule has 19 heavy (non-hydrogen) atoms. The first-order valence-electron chi connectivity index (χ1n) is 6.01. The van der Waals surface area contributed by atoms with Gasteiger partial charge in [0.15, 0.2) is 0 Å². The number of hydrogen-bond donors (Lipinski definition) is 2. The van der Waals surface area contributed by atoms with Crippen LogP contribution in [0.1, 0.15) is 13.8 Å². The third-order valence-electron chi connectivity index (χ3n) is 2.99. The molecular formula is C11H19N3O4S. The molecule has 108 valence electrons. The number of aliphatic carboxylic acids is 1. The predicted molar refractivity (Wildman–Crippen MR) is 71.9 cm³/mol. The molecule has 0 radical (unpaired) electrons. The summed E-state index contributed by atoms with van der Waals surface area (Å²) in [6.45, 7) is 3.98. The van der Waals surface area contributed by atoms with E-state index in [-0.39, 0.29) is 5.91 Å². The van der Waals surface area contributed by atoms with Crippen LogP contribution in [0.25, 0.3) is 0 Å². The van der Waals surface area contributed by atoms with Crippen LogP contribution in [-0.2, 0) is 9.59 Å². The predicted octanol–water partition coefficient (Wildman–Crippen LogP) is 0.0223. The molecule has 1 aliphatic heterocycles. The number of carboxylic acids is 1. The second kappa shape index (κ2) is 6.65. The first kappa shape index (κ1) is 15.6. The maximum atomic E-state index is 12.0. The summed E-state index contributed by atoms with van der Waals surface area (Å²) in [4.78, 5) is 37.5. The Bertz CT molecular complexity index is 377. The van der Waals surface area contributed by atoms with E-state index in [1.807, 2.05) is 6.92 Å². The van der Waals surface area contributed by atoms with Gasteiger partial charge < -0.3 is 20.2 Å².